The molecule has 1 aromatic rings. The van der Waals surface area contributed by atoms with Gasteiger partial charge in [-0.3, -0.25) is 4.79 Å². The van der Waals surface area contributed by atoms with E-state index in [0.717, 1.165) is 0 Å². The van der Waals surface area contributed by atoms with Crippen LogP contribution in [0.3, 0.4) is 0 Å². The lowest BCUT2D eigenvalue weighted by atomic mass is 10.1. The molecule has 92 valence electrons. The number of benzene rings is 1. The van der Waals surface area contributed by atoms with Crippen molar-refractivity contribution in [2.75, 3.05) is 24.6 Å². The Morgan fingerprint density at radius 2 is 2.24 bits per heavy atom. The molecule has 1 saturated heterocycles. The Hall–Kier alpha value is -1.42. The first kappa shape index (κ1) is 12.0. The topological polar surface area (TPSA) is 29.5 Å². The molecule has 0 N–H and O–H groups in total. The van der Waals surface area contributed by atoms with Crippen molar-refractivity contribution >= 4 is 12.0 Å². The van der Waals surface area contributed by atoms with Gasteiger partial charge in [0.05, 0.1) is 23.5 Å². The molecule has 4 heteroatoms. The molecular weight excluding hydrogens is 221 g/mol. The molecule has 0 spiro atoms. The summed E-state index contributed by atoms with van der Waals surface area (Å²) >= 11 is 0. The van der Waals surface area contributed by atoms with E-state index in [1.165, 1.54) is 6.07 Å². The van der Waals surface area contributed by atoms with Crippen LogP contribution in [0.25, 0.3) is 0 Å². The van der Waals surface area contributed by atoms with Gasteiger partial charge in [-0.15, -0.1) is 0 Å². The fourth-order valence-electron chi connectivity index (χ4n) is 2.14. The van der Waals surface area contributed by atoms with Gasteiger partial charge in [0.2, 0.25) is 0 Å². The van der Waals surface area contributed by atoms with Gasteiger partial charge >= 0.3 is 0 Å². The van der Waals surface area contributed by atoms with Crippen LogP contribution in [0.15, 0.2) is 18.2 Å². The van der Waals surface area contributed by atoms with Gasteiger partial charge < -0.3 is 9.64 Å². The van der Waals surface area contributed by atoms with E-state index in [4.69, 9.17) is 4.74 Å². The minimum Gasteiger partial charge on any atom is -0.372 e. The molecule has 2 rings (SSSR count). The highest BCUT2D eigenvalue weighted by molar-refractivity contribution is 5.85. The number of hydrogen-bond acceptors (Lipinski definition) is 3. The molecule has 0 aliphatic carbocycles. The van der Waals surface area contributed by atoms with Gasteiger partial charge in [0.15, 0.2) is 6.29 Å². The number of carbonyl (C=O) groups is 1. The van der Waals surface area contributed by atoms with Crippen LogP contribution in [-0.2, 0) is 4.74 Å². The van der Waals surface area contributed by atoms with E-state index in [-0.39, 0.29) is 11.2 Å². The number of morpholine rings is 1. The minimum atomic E-state index is -0.471. The van der Waals surface area contributed by atoms with E-state index in [1.54, 1.807) is 12.1 Å². The number of nitrogens with zero attached hydrogens (tertiary/aromatic N) is 1. The Labute approximate surface area is 100 Å². The van der Waals surface area contributed by atoms with E-state index in [0.29, 0.717) is 31.7 Å². The monoisotopic (exact) mass is 237 g/mol. The zero-order valence-corrected chi connectivity index (χ0v) is 10.1. The second kappa shape index (κ2) is 4.45. The molecule has 0 atom stereocenters. The summed E-state index contributed by atoms with van der Waals surface area (Å²) in [7, 11) is 0. The van der Waals surface area contributed by atoms with Crippen molar-refractivity contribution in [1.82, 2.24) is 0 Å². The van der Waals surface area contributed by atoms with Crippen molar-refractivity contribution < 1.29 is 13.9 Å². The van der Waals surface area contributed by atoms with Crippen molar-refractivity contribution in [1.29, 1.82) is 0 Å². The summed E-state index contributed by atoms with van der Waals surface area (Å²) in [5, 5.41) is 0. The molecule has 1 heterocycles. The Balaban J connectivity index is 2.34. The summed E-state index contributed by atoms with van der Waals surface area (Å²) in [6.07, 6.45) is 0.577. The predicted octanol–water partition coefficient (Wildman–Crippen LogP) is 2.25. The Kier molecular flexibility index (Phi) is 3.15. The van der Waals surface area contributed by atoms with Gasteiger partial charge in [0.25, 0.3) is 0 Å². The first-order chi connectivity index (χ1) is 8.03. The minimum absolute atomic E-state index is 0.130. The average Bonchev–Trinajstić information content (AvgIpc) is 2.27. The number of anilines is 1. The number of rotatable bonds is 2. The van der Waals surface area contributed by atoms with Crippen molar-refractivity contribution in [3.63, 3.8) is 0 Å². The zero-order valence-electron chi connectivity index (χ0n) is 10.1. The molecule has 0 saturated carbocycles. The van der Waals surface area contributed by atoms with Crippen LogP contribution < -0.4 is 4.90 Å². The molecule has 0 amide bonds. The van der Waals surface area contributed by atoms with E-state index in [9.17, 15) is 9.18 Å². The van der Waals surface area contributed by atoms with Crippen molar-refractivity contribution in [2.24, 2.45) is 0 Å². The summed E-state index contributed by atoms with van der Waals surface area (Å²) in [6.45, 7) is 5.88. The molecule has 1 fully saturated rings. The quantitative estimate of drug-likeness (QED) is 0.739. The lowest BCUT2D eigenvalue weighted by Gasteiger charge is -2.39. The summed E-state index contributed by atoms with van der Waals surface area (Å²) in [6, 6.07) is 4.70. The van der Waals surface area contributed by atoms with Gasteiger partial charge in [-0.05, 0) is 26.0 Å². The van der Waals surface area contributed by atoms with E-state index < -0.39 is 5.82 Å². The van der Waals surface area contributed by atoms with Gasteiger partial charge in [0.1, 0.15) is 5.82 Å². The van der Waals surface area contributed by atoms with Crippen LogP contribution in [0.5, 0.6) is 0 Å². The van der Waals surface area contributed by atoms with Gasteiger partial charge in [-0.1, -0.05) is 6.07 Å². The molecule has 0 bridgehead atoms. The van der Waals surface area contributed by atoms with E-state index >= 15 is 0 Å². The summed E-state index contributed by atoms with van der Waals surface area (Å²) in [4.78, 5) is 13.0. The fraction of sp³-hybridized carbons (Fsp3) is 0.462. The maximum Gasteiger partial charge on any atom is 0.155 e. The Bertz CT molecular complexity index is 431. The van der Waals surface area contributed by atoms with Gasteiger partial charge in [-0.25, -0.2) is 4.39 Å². The number of hydrogen-bond donors (Lipinski definition) is 0. The normalized spacial score (nSPS) is 19.1. The van der Waals surface area contributed by atoms with Crippen LogP contribution in [0, 0.1) is 5.82 Å². The van der Waals surface area contributed by atoms with Crippen molar-refractivity contribution in [2.45, 2.75) is 19.4 Å². The molecule has 3 nitrogen and oxygen atoms in total. The van der Waals surface area contributed by atoms with Crippen molar-refractivity contribution in [3.05, 3.63) is 29.6 Å². The summed E-state index contributed by atoms with van der Waals surface area (Å²) < 4.78 is 19.1. The number of aldehydes is 1. The Morgan fingerprint density at radius 3 is 2.88 bits per heavy atom. The molecule has 1 aliphatic heterocycles. The third-order valence-electron chi connectivity index (χ3n) is 2.91. The van der Waals surface area contributed by atoms with E-state index in [2.05, 4.69) is 0 Å². The Morgan fingerprint density at radius 1 is 1.47 bits per heavy atom. The summed E-state index contributed by atoms with van der Waals surface area (Å²) in [5.41, 5.74) is 0.506. The molecular formula is C13H16FNO2. The second-order valence-corrected chi connectivity index (χ2v) is 4.82. The second-order valence-electron chi connectivity index (χ2n) is 4.82. The zero-order chi connectivity index (χ0) is 12.5. The maximum atomic E-state index is 13.5. The highest BCUT2D eigenvalue weighted by Gasteiger charge is 2.28. The highest BCUT2D eigenvalue weighted by Crippen LogP contribution is 2.26. The standard InChI is InChI=1S/C13H16FNO2/c1-13(2)9-15(6-7-17-13)12-5-3-4-11(14)10(12)8-16/h3-5,8H,6-7,9H2,1-2H3. The summed E-state index contributed by atoms with van der Waals surface area (Å²) in [5.74, 6) is -0.471. The van der Waals surface area contributed by atoms with Crippen LogP contribution in [0.1, 0.15) is 24.2 Å². The van der Waals surface area contributed by atoms with Crippen LogP contribution in [0.2, 0.25) is 0 Å². The smallest absolute Gasteiger partial charge is 0.155 e. The van der Waals surface area contributed by atoms with Crippen molar-refractivity contribution in [3.8, 4) is 0 Å². The fourth-order valence-corrected chi connectivity index (χ4v) is 2.14. The predicted molar refractivity (Wildman–Crippen MR) is 64.0 cm³/mol. The molecule has 0 aromatic heterocycles. The number of ether oxygens (including phenoxy) is 1. The third-order valence-corrected chi connectivity index (χ3v) is 2.91. The molecule has 0 radical (unpaired) electrons. The SMILES string of the molecule is CC1(C)CN(c2cccc(F)c2C=O)CCO1. The van der Waals surface area contributed by atoms with Gasteiger partial charge in [0, 0.05) is 13.1 Å². The number of halogens is 1. The largest absolute Gasteiger partial charge is 0.372 e. The maximum absolute atomic E-state index is 13.5. The first-order valence-electron chi connectivity index (χ1n) is 5.66. The molecule has 1 aromatic carbocycles. The van der Waals surface area contributed by atoms with Crippen LogP contribution in [0.4, 0.5) is 10.1 Å². The lowest BCUT2D eigenvalue weighted by molar-refractivity contribution is -0.0277. The third kappa shape index (κ3) is 2.47. The molecule has 1 aliphatic rings. The highest BCUT2D eigenvalue weighted by atomic mass is 19.1. The first-order valence-corrected chi connectivity index (χ1v) is 5.66. The lowest BCUT2D eigenvalue weighted by Crippen LogP contribution is -2.48. The van der Waals surface area contributed by atoms with Gasteiger partial charge in [-0.2, -0.15) is 0 Å². The average molecular weight is 237 g/mol. The van der Waals surface area contributed by atoms with E-state index in [1.807, 2.05) is 18.7 Å². The number of carbonyl (C=O) groups excluding carboxylic acids is 1. The van der Waals surface area contributed by atoms with Crippen LogP contribution >= 0.6 is 0 Å². The molecule has 17 heavy (non-hydrogen) atoms. The molecule has 0 unspecified atom stereocenters. The van der Waals surface area contributed by atoms with Crippen LogP contribution in [-0.4, -0.2) is 31.6 Å².